The molecule has 2 N–H and O–H groups in total. The second kappa shape index (κ2) is 7.87. The van der Waals surface area contributed by atoms with Crippen LogP contribution in [-0.2, 0) is 0 Å². The third-order valence-corrected chi connectivity index (χ3v) is 4.09. The molecule has 0 amide bonds. The Morgan fingerprint density at radius 2 is 2.10 bits per heavy atom. The smallest absolute Gasteiger partial charge is 0.170 e. The van der Waals surface area contributed by atoms with Crippen LogP contribution in [0.4, 0.5) is 5.69 Å². The van der Waals surface area contributed by atoms with E-state index >= 15 is 0 Å². The lowest BCUT2D eigenvalue weighted by molar-refractivity contribution is 0.669. The van der Waals surface area contributed by atoms with Gasteiger partial charge in [-0.2, -0.15) is 0 Å². The zero-order valence-corrected chi connectivity index (χ0v) is 13.5. The third-order valence-electron chi connectivity index (χ3n) is 3.30. The first-order valence-corrected chi connectivity index (χ1v) is 7.99. The second-order valence-electron chi connectivity index (χ2n) is 4.86. The molecular formula is C15H18Cl2N2S. The fourth-order valence-electron chi connectivity index (χ4n) is 2.23. The minimum absolute atomic E-state index is 0.566. The lowest BCUT2D eigenvalue weighted by Gasteiger charge is -2.15. The van der Waals surface area contributed by atoms with Gasteiger partial charge >= 0.3 is 0 Å². The van der Waals surface area contributed by atoms with Crippen molar-refractivity contribution in [3.05, 3.63) is 39.9 Å². The fourth-order valence-corrected chi connectivity index (χ4v) is 2.89. The predicted octanol–water partition coefficient (Wildman–Crippen LogP) is 5.17. The molecule has 0 fully saturated rings. The molecule has 0 saturated heterocycles. The summed E-state index contributed by atoms with van der Waals surface area (Å²) in [6, 6.07) is 5.30. The summed E-state index contributed by atoms with van der Waals surface area (Å²) in [6.45, 7) is 0.850. The molecule has 0 aromatic heterocycles. The van der Waals surface area contributed by atoms with Gasteiger partial charge in [0.1, 0.15) is 0 Å². The standard InChI is InChI=1S/C15H18Cl2N2S/c16-12-6-7-14(13(17)10-12)19-15(20)18-9-8-11-4-2-1-3-5-11/h4,6-7,10H,1-3,5,8-9H2,(H2,18,19,20). The van der Waals surface area contributed by atoms with Crippen LogP contribution in [0, 0.1) is 0 Å². The Hall–Kier alpha value is -0.770. The van der Waals surface area contributed by atoms with E-state index in [4.69, 9.17) is 35.4 Å². The van der Waals surface area contributed by atoms with E-state index in [1.807, 2.05) is 6.07 Å². The highest BCUT2D eigenvalue weighted by Crippen LogP contribution is 2.25. The van der Waals surface area contributed by atoms with Gasteiger partial charge in [0, 0.05) is 11.6 Å². The number of hydrogen-bond donors (Lipinski definition) is 2. The van der Waals surface area contributed by atoms with Crippen LogP contribution in [0.15, 0.2) is 29.8 Å². The number of benzene rings is 1. The van der Waals surface area contributed by atoms with E-state index in [0.717, 1.165) is 18.7 Å². The van der Waals surface area contributed by atoms with Gasteiger partial charge in [-0.05, 0) is 62.5 Å². The first-order chi connectivity index (χ1) is 9.65. The molecule has 0 aliphatic heterocycles. The second-order valence-corrected chi connectivity index (χ2v) is 6.12. The van der Waals surface area contributed by atoms with Gasteiger partial charge in [-0.25, -0.2) is 0 Å². The summed E-state index contributed by atoms with van der Waals surface area (Å²) in [7, 11) is 0. The van der Waals surface area contributed by atoms with E-state index in [0.29, 0.717) is 15.2 Å². The summed E-state index contributed by atoms with van der Waals surface area (Å²) in [5.41, 5.74) is 2.31. The number of nitrogens with one attached hydrogen (secondary N) is 2. The molecule has 108 valence electrons. The molecule has 5 heteroatoms. The summed E-state index contributed by atoms with van der Waals surface area (Å²) < 4.78 is 0. The summed E-state index contributed by atoms with van der Waals surface area (Å²) in [5, 5.41) is 8.06. The molecule has 20 heavy (non-hydrogen) atoms. The molecule has 0 saturated carbocycles. The van der Waals surface area contributed by atoms with E-state index < -0.39 is 0 Å². The first-order valence-electron chi connectivity index (χ1n) is 6.83. The lowest BCUT2D eigenvalue weighted by Crippen LogP contribution is -2.29. The van der Waals surface area contributed by atoms with Crippen LogP contribution in [0.3, 0.4) is 0 Å². The Morgan fingerprint density at radius 3 is 2.80 bits per heavy atom. The van der Waals surface area contributed by atoms with Crippen molar-refractivity contribution < 1.29 is 0 Å². The van der Waals surface area contributed by atoms with Crippen molar-refractivity contribution in [3.8, 4) is 0 Å². The molecule has 1 aliphatic carbocycles. The molecule has 2 nitrogen and oxygen atoms in total. The van der Waals surface area contributed by atoms with E-state index in [2.05, 4.69) is 16.7 Å². The van der Waals surface area contributed by atoms with E-state index in [1.54, 1.807) is 12.1 Å². The fraction of sp³-hybridized carbons (Fsp3) is 0.400. The van der Waals surface area contributed by atoms with Crippen molar-refractivity contribution in [2.75, 3.05) is 11.9 Å². The highest BCUT2D eigenvalue weighted by Gasteiger charge is 2.05. The van der Waals surface area contributed by atoms with Gasteiger partial charge in [0.05, 0.1) is 10.7 Å². The molecule has 2 rings (SSSR count). The maximum Gasteiger partial charge on any atom is 0.170 e. The van der Waals surface area contributed by atoms with Crippen molar-refractivity contribution in [1.29, 1.82) is 0 Å². The van der Waals surface area contributed by atoms with Crippen LogP contribution in [-0.4, -0.2) is 11.7 Å². The van der Waals surface area contributed by atoms with Gasteiger partial charge < -0.3 is 10.6 Å². The van der Waals surface area contributed by atoms with Gasteiger partial charge in [0.2, 0.25) is 0 Å². The largest absolute Gasteiger partial charge is 0.362 e. The van der Waals surface area contributed by atoms with Crippen molar-refractivity contribution in [2.24, 2.45) is 0 Å². The SMILES string of the molecule is S=C(NCCC1=CCCCC1)Nc1ccc(Cl)cc1Cl. The summed E-state index contributed by atoms with van der Waals surface area (Å²) >= 11 is 17.2. The Morgan fingerprint density at radius 1 is 1.25 bits per heavy atom. The van der Waals surface area contributed by atoms with E-state index in [1.165, 1.54) is 31.3 Å². The number of rotatable bonds is 4. The van der Waals surface area contributed by atoms with Crippen LogP contribution in [0.1, 0.15) is 32.1 Å². The number of allylic oxidation sites excluding steroid dienone is 1. The van der Waals surface area contributed by atoms with Crippen LogP contribution in [0.5, 0.6) is 0 Å². The van der Waals surface area contributed by atoms with Crippen LogP contribution < -0.4 is 10.6 Å². The number of halogens is 2. The lowest BCUT2D eigenvalue weighted by atomic mass is 9.97. The molecule has 0 spiro atoms. The Labute approximate surface area is 135 Å². The normalized spacial score (nSPS) is 14.6. The van der Waals surface area contributed by atoms with Crippen molar-refractivity contribution in [2.45, 2.75) is 32.1 Å². The Bertz CT molecular complexity index is 515. The van der Waals surface area contributed by atoms with Gasteiger partial charge in [0.25, 0.3) is 0 Å². The molecule has 0 bridgehead atoms. The van der Waals surface area contributed by atoms with E-state index in [9.17, 15) is 0 Å². The monoisotopic (exact) mass is 328 g/mol. The molecule has 0 unspecified atom stereocenters. The molecule has 0 atom stereocenters. The van der Waals surface area contributed by atoms with Gasteiger partial charge in [-0.3, -0.25) is 0 Å². The minimum Gasteiger partial charge on any atom is -0.362 e. The Kier molecular flexibility index (Phi) is 6.14. The third kappa shape index (κ3) is 4.97. The average Bonchev–Trinajstić information content (AvgIpc) is 2.43. The molecular weight excluding hydrogens is 311 g/mol. The maximum absolute atomic E-state index is 6.09. The quantitative estimate of drug-likeness (QED) is 0.589. The van der Waals surface area contributed by atoms with Crippen molar-refractivity contribution in [1.82, 2.24) is 5.32 Å². The Balaban J connectivity index is 1.76. The molecule has 1 aromatic carbocycles. The predicted molar refractivity (Wildman–Crippen MR) is 91.9 cm³/mol. The molecule has 0 radical (unpaired) electrons. The van der Waals surface area contributed by atoms with Gasteiger partial charge in [-0.1, -0.05) is 34.9 Å². The molecule has 1 aliphatic rings. The van der Waals surface area contributed by atoms with Gasteiger partial charge in [-0.15, -0.1) is 0 Å². The van der Waals surface area contributed by atoms with Crippen LogP contribution >= 0.6 is 35.4 Å². The first kappa shape index (κ1) is 15.6. The average molecular weight is 329 g/mol. The summed E-state index contributed by atoms with van der Waals surface area (Å²) in [4.78, 5) is 0. The maximum atomic E-state index is 6.09. The van der Waals surface area contributed by atoms with Gasteiger partial charge in [0.15, 0.2) is 5.11 Å². The summed E-state index contributed by atoms with van der Waals surface area (Å²) in [6.07, 6.45) is 8.50. The topological polar surface area (TPSA) is 24.1 Å². The minimum atomic E-state index is 0.566. The summed E-state index contributed by atoms with van der Waals surface area (Å²) in [5.74, 6) is 0. The zero-order valence-electron chi connectivity index (χ0n) is 11.2. The van der Waals surface area contributed by atoms with Crippen molar-refractivity contribution >= 4 is 46.2 Å². The number of anilines is 1. The molecule has 1 aromatic rings. The zero-order chi connectivity index (χ0) is 14.4. The van der Waals surface area contributed by atoms with Crippen LogP contribution in [0.2, 0.25) is 10.0 Å². The number of thiocarbonyl (C=S) groups is 1. The van der Waals surface area contributed by atoms with Crippen molar-refractivity contribution in [3.63, 3.8) is 0 Å². The van der Waals surface area contributed by atoms with Crippen LogP contribution in [0.25, 0.3) is 0 Å². The number of hydrogen-bond acceptors (Lipinski definition) is 1. The van der Waals surface area contributed by atoms with E-state index in [-0.39, 0.29) is 0 Å². The molecule has 0 heterocycles. The highest BCUT2D eigenvalue weighted by atomic mass is 35.5. The highest BCUT2D eigenvalue weighted by molar-refractivity contribution is 7.80.